The Bertz CT molecular complexity index is 397. The van der Waals surface area contributed by atoms with Crippen LogP contribution in [-0.4, -0.2) is 30.6 Å². The molecule has 1 N–H and O–H groups in total. The third-order valence-electron chi connectivity index (χ3n) is 4.04. The molecule has 2 rings (SSSR count). The molecule has 0 aliphatic carbocycles. The molecule has 2 nitrogen and oxygen atoms in total. The summed E-state index contributed by atoms with van der Waals surface area (Å²) in [4.78, 5) is 2.53. The van der Waals surface area contributed by atoms with Gasteiger partial charge in [0.05, 0.1) is 0 Å². The van der Waals surface area contributed by atoms with E-state index in [0.717, 1.165) is 25.9 Å². The number of hydrogen-bond donors (Lipinski definition) is 1. The second kappa shape index (κ2) is 7.96. The van der Waals surface area contributed by atoms with Crippen molar-refractivity contribution in [2.45, 2.75) is 45.2 Å². The molecule has 112 valence electrons. The van der Waals surface area contributed by atoms with Gasteiger partial charge in [-0.1, -0.05) is 31.0 Å². The van der Waals surface area contributed by atoms with Crippen LogP contribution in [0.15, 0.2) is 18.2 Å². The molecule has 0 atom stereocenters. The van der Waals surface area contributed by atoms with Gasteiger partial charge in [-0.25, -0.2) is 4.39 Å². The zero-order chi connectivity index (χ0) is 14.4. The first kappa shape index (κ1) is 15.7. The molecule has 1 aliphatic heterocycles. The Morgan fingerprint density at radius 3 is 2.75 bits per heavy atom. The van der Waals surface area contributed by atoms with Crippen LogP contribution in [0.3, 0.4) is 0 Å². The van der Waals surface area contributed by atoms with E-state index in [1.807, 2.05) is 0 Å². The molecule has 1 aromatic rings. The predicted molar refractivity (Wildman–Crippen MR) is 82.6 cm³/mol. The van der Waals surface area contributed by atoms with Crippen LogP contribution < -0.4 is 5.32 Å². The van der Waals surface area contributed by atoms with Crippen molar-refractivity contribution in [1.29, 1.82) is 0 Å². The van der Waals surface area contributed by atoms with Gasteiger partial charge >= 0.3 is 0 Å². The zero-order valence-corrected chi connectivity index (χ0v) is 12.9. The minimum absolute atomic E-state index is 0.217. The maximum Gasteiger partial charge on any atom is 0.129 e. The van der Waals surface area contributed by atoms with Crippen molar-refractivity contribution in [3.63, 3.8) is 0 Å². The Morgan fingerprint density at radius 2 is 2.10 bits per heavy atom. The van der Waals surface area contributed by atoms with Crippen LogP contribution in [0.25, 0.3) is 0 Å². The number of hydrogen-bond acceptors (Lipinski definition) is 2. The minimum Gasteiger partial charge on any atom is -0.310 e. The highest BCUT2D eigenvalue weighted by molar-refractivity contribution is 6.31. The Kier molecular flexibility index (Phi) is 6.27. The highest BCUT2D eigenvalue weighted by atomic mass is 35.5. The van der Waals surface area contributed by atoms with Crippen LogP contribution in [0.1, 0.15) is 38.2 Å². The molecule has 20 heavy (non-hydrogen) atoms. The van der Waals surface area contributed by atoms with E-state index in [0.29, 0.717) is 23.2 Å². The SMILES string of the molecule is CCCCN1CCC(NCc2c(F)cccc2Cl)CC1. The summed E-state index contributed by atoms with van der Waals surface area (Å²) >= 11 is 6.04. The molecule has 0 aromatic heterocycles. The quantitative estimate of drug-likeness (QED) is 0.858. The van der Waals surface area contributed by atoms with Gasteiger partial charge in [0.1, 0.15) is 5.82 Å². The smallest absolute Gasteiger partial charge is 0.129 e. The Labute approximate surface area is 126 Å². The summed E-state index contributed by atoms with van der Waals surface area (Å²) in [5, 5.41) is 3.96. The summed E-state index contributed by atoms with van der Waals surface area (Å²) in [5.41, 5.74) is 0.586. The van der Waals surface area contributed by atoms with Crippen molar-refractivity contribution in [2.75, 3.05) is 19.6 Å². The van der Waals surface area contributed by atoms with Gasteiger partial charge in [0, 0.05) is 23.2 Å². The second-order valence-electron chi connectivity index (χ2n) is 5.55. The number of rotatable bonds is 6. The molecular weight excluding hydrogens is 275 g/mol. The number of likely N-dealkylation sites (tertiary alicyclic amines) is 1. The normalized spacial score (nSPS) is 17.6. The van der Waals surface area contributed by atoms with Gasteiger partial charge in [-0.15, -0.1) is 0 Å². The van der Waals surface area contributed by atoms with Gasteiger partial charge < -0.3 is 10.2 Å². The lowest BCUT2D eigenvalue weighted by Crippen LogP contribution is -2.42. The summed E-state index contributed by atoms with van der Waals surface area (Å²) in [6.07, 6.45) is 4.80. The van der Waals surface area contributed by atoms with Gasteiger partial charge in [-0.05, 0) is 51.0 Å². The molecule has 0 radical (unpaired) electrons. The molecule has 0 saturated carbocycles. The molecule has 1 heterocycles. The van der Waals surface area contributed by atoms with Gasteiger partial charge in [-0.3, -0.25) is 0 Å². The first-order chi connectivity index (χ1) is 9.70. The van der Waals surface area contributed by atoms with Crippen molar-refractivity contribution in [3.05, 3.63) is 34.6 Å². The zero-order valence-electron chi connectivity index (χ0n) is 12.2. The monoisotopic (exact) mass is 298 g/mol. The molecule has 1 fully saturated rings. The molecular formula is C16H24ClFN2. The topological polar surface area (TPSA) is 15.3 Å². The average Bonchev–Trinajstić information content (AvgIpc) is 2.46. The van der Waals surface area contributed by atoms with E-state index < -0.39 is 0 Å². The fraction of sp³-hybridized carbons (Fsp3) is 0.625. The lowest BCUT2D eigenvalue weighted by atomic mass is 10.0. The number of benzene rings is 1. The van der Waals surface area contributed by atoms with E-state index in [-0.39, 0.29) is 5.82 Å². The summed E-state index contributed by atoms with van der Waals surface area (Å²) in [7, 11) is 0. The second-order valence-corrected chi connectivity index (χ2v) is 5.96. The van der Waals surface area contributed by atoms with E-state index >= 15 is 0 Å². The molecule has 1 aromatic carbocycles. The fourth-order valence-corrected chi connectivity index (χ4v) is 2.92. The molecule has 0 unspecified atom stereocenters. The van der Waals surface area contributed by atoms with Crippen molar-refractivity contribution < 1.29 is 4.39 Å². The first-order valence-corrected chi connectivity index (χ1v) is 7.97. The van der Waals surface area contributed by atoms with E-state index in [4.69, 9.17) is 11.6 Å². The highest BCUT2D eigenvalue weighted by Crippen LogP contribution is 2.19. The van der Waals surface area contributed by atoms with Crippen molar-refractivity contribution in [1.82, 2.24) is 10.2 Å². The lowest BCUT2D eigenvalue weighted by Gasteiger charge is -2.32. The van der Waals surface area contributed by atoms with Gasteiger partial charge in [-0.2, -0.15) is 0 Å². The van der Waals surface area contributed by atoms with Crippen molar-refractivity contribution in [3.8, 4) is 0 Å². The molecule has 1 saturated heterocycles. The molecule has 1 aliphatic rings. The third-order valence-corrected chi connectivity index (χ3v) is 4.40. The number of nitrogens with one attached hydrogen (secondary N) is 1. The summed E-state index contributed by atoms with van der Waals surface area (Å²) < 4.78 is 13.7. The molecule has 0 bridgehead atoms. The van der Waals surface area contributed by atoms with Crippen molar-refractivity contribution in [2.24, 2.45) is 0 Å². The highest BCUT2D eigenvalue weighted by Gasteiger charge is 2.18. The number of halogens is 2. The Hall–Kier alpha value is -0.640. The minimum atomic E-state index is -0.217. The predicted octanol–water partition coefficient (Wildman–Crippen LogP) is 3.83. The Morgan fingerprint density at radius 1 is 1.35 bits per heavy atom. The molecule has 0 amide bonds. The maximum atomic E-state index is 13.7. The van der Waals surface area contributed by atoms with Gasteiger partial charge in [0.2, 0.25) is 0 Å². The van der Waals surface area contributed by atoms with Gasteiger partial charge in [0.15, 0.2) is 0 Å². The van der Waals surface area contributed by atoms with Crippen LogP contribution >= 0.6 is 11.6 Å². The fourth-order valence-electron chi connectivity index (χ4n) is 2.69. The standard InChI is InChI=1S/C16H24ClFN2/c1-2-3-9-20-10-7-13(8-11-20)19-12-14-15(17)5-4-6-16(14)18/h4-6,13,19H,2-3,7-12H2,1H3. The summed E-state index contributed by atoms with van der Waals surface area (Å²) in [6, 6.07) is 5.34. The van der Waals surface area contributed by atoms with Gasteiger partial charge in [0.25, 0.3) is 0 Å². The van der Waals surface area contributed by atoms with Crippen LogP contribution in [0.4, 0.5) is 4.39 Å². The van der Waals surface area contributed by atoms with E-state index in [9.17, 15) is 4.39 Å². The molecule has 4 heteroatoms. The number of unbranched alkanes of at least 4 members (excludes halogenated alkanes) is 1. The van der Waals surface area contributed by atoms with Crippen LogP contribution in [-0.2, 0) is 6.54 Å². The maximum absolute atomic E-state index is 13.7. The average molecular weight is 299 g/mol. The van der Waals surface area contributed by atoms with E-state index in [1.165, 1.54) is 25.5 Å². The van der Waals surface area contributed by atoms with Crippen LogP contribution in [0, 0.1) is 5.82 Å². The first-order valence-electron chi connectivity index (χ1n) is 7.59. The van der Waals surface area contributed by atoms with Crippen LogP contribution in [0.2, 0.25) is 5.02 Å². The molecule has 0 spiro atoms. The largest absolute Gasteiger partial charge is 0.310 e. The number of piperidine rings is 1. The third kappa shape index (κ3) is 4.44. The summed E-state index contributed by atoms with van der Waals surface area (Å²) in [6.45, 7) is 6.24. The van der Waals surface area contributed by atoms with Crippen molar-refractivity contribution >= 4 is 11.6 Å². The van der Waals surface area contributed by atoms with Crippen LogP contribution in [0.5, 0.6) is 0 Å². The van der Waals surface area contributed by atoms with E-state index in [2.05, 4.69) is 17.1 Å². The summed E-state index contributed by atoms with van der Waals surface area (Å²) in [5.74, 6) is -0.217. The number of nitrogens with zero attached hydrogens (tertiary/aromatic N) is 1. The Balaban J connectivity index is 1.76. The van der Waals surface area contributed by atoms with E-state index in [1.54, 1.807) is 12.1 Å². The lowest BCUT2D eigenvalue weighted by molar-refractivity contribution is 0.194.